The van der Waals surface area contributed by atoms with Gasteiger partial charge < -0.3 is 0 Å². The van der Waals surface area contributed by atoms with Crippen LogP contribution in [0.4, 0.5) is 5.69 Å². The van der Waals surface area contributed by atoms with E-state index >= 15 is 0 Å². The Labute approximate surface area is 89.7 Å². The van der Waals surface area contributed by atoms with Crippen molar-refractivity contribution in [2.24, 2.45) is 0 Å². The third kappa shape index (κ3) is 1.59. The first kappa shape index (κ1) is 10.0. The number of fused-ring (bicyclic) bond motifs is 1. The summed E-state index contributed by atoms with van der Waals surface area (Å²) in [4.78, 5) is 14.6. The van der Waals surface area contributed by atoms with Crippen molar-refractivity contribution < 1.29 is 4.92 Å². The van der Waals surface area contributed by atoms with Crippen LogP contribution in [0.5, 0.6) is 0 Å². The Morgan fingerprint density at radius 3 is 2.87 bits per heavy atom. The molecule has 0 amide bonds. The van der Waals surface area contributed by atoms with Crippen LogP contribution < -0.4 is 0 Å². The van der Waals surface area contributed by atoms with Crippen LogP contribution in [0.25, 0.3) is 10.2 Å². The van der Waals surface area contributed by atoms with E-state index in [1.54, 1.807) is 12.1 Å². The first-order valence-corrected chi connectivity index (χ1v) is 6.07. The molecule has 0 aliphatic heterocycles. The van der Waals surface area contributed by atoms with Gasteiger partial charge in [0, 0.05) is 35.6 Å². The van der Waals surface area contributed by atoms with E-state index in [-0.39, 0.29) is 21.1 Å². The predicted octanol–water partition coefficient (Wildman–Crippen LogP) is 3.22. The highest BCUT2D eigenvalue weighted by Crippen LogP contribution is 2.35. The molecule has 1 heterocycles. The van der Waals surface area contributed by atoms with Crippen LogP contribution in [-0.2, 0) is 5.75 Å². The van der Waals surface area contributed by atoms with Gasteiger partial charge in [0.25, 0.3) is 5.69 Å². The smallest absolute Gasteiger partial charge is 0.258 e. The fraction of sp³-hybridized carbons (Fsp3) is 0.300. The van der Waals surface area contributed by atoms with Crippen molar-refractivity contribution in [2.45, 2.75) is 19.6 Å². The van der Waals surface area contributed by atoms with E-state index in [9.17, 15) is 10.1 Å². The fourth-order valence-corrected chi connectivity index (χ4v) is 3.51. The van der Waals surface area contributed by atoms with Gasteiger partial charge in [-0.2, -0.15) is 4.98 Å². The maximum absolute atomic E-state index is 10.6. The monoisotopic (exact) mass is 223 g/mol. The van der Waals surface area contributed by atoms with Gasteiger partial charge in [-0.25, -0.2) is 0 Å². The highest BCUT2D eigenvalue weighted by atomic mass is 32.2. The van der Waals surface area contributed by atoms with E-state index in [4.69, 9.17) is 0 Å². The molecule has 78 valence electrons. The van der Waals surface area contributed by atoms with Crippen molar-refractivity contribution in [3.8, 4) is 0 Å². The van der Waals surface area contributed by atoms with Crippen molar-refractivity contribution in [3.63, 3.8) is 0 Å². The molecule has 2 rings (SSSR count). The summed E-state index contributed by atoms with van der Waals surface area (Å²) in [7, 11) is 0.0520. The van der Waals surface area contributed by atoms with Gasteiger partial charge in [0.1, 0.15) is 11.3 Å². The normalized spacial score (nSPS) is 12.0. The van der Waals surface area contributed by atoms with Crippen LogP contribution in [0.15, 0.2) is 18.2 Å². The van der Waals surface area contributed by atoms with Crippen LogP contribution in [-0.4, -0.2) is 9.91 Å². The molecule has 0 N–H and O–H groups in total. The minimum Gasteiger partial charge on any atom is -0.258 e. The Balaban J connectivity index is 2.69. The molecule has 0 fully saturated rings. The zero-order valence-corrected chi connectivity index (χ0v) is 9.37. The molecule has 5 heteroatoms. The zero-order valence-electron chi connectivity index (χ0n) is 8.56. The van der Waals surface area contributed by atoms with Crippen LogP contribution in [0, 0.1) is 17.0 Å². The predicted molar refractivity (Wildman–Crippen MR) is 61.3 cm³/mol. The van der Waals surface area contributed by atoms with E-state index in [2.05, 4.69) is 11.9 Å². The quantitative estimate of drug-likeness (QED) is 0.446. The molecular formula is C10H11N2O2S+. The molecule has 15 heavy (non-hydrogen) atoms. The number of hydrogen-bond acceptors (Lipinski definition) is 3. The largest absolute Gasteiger partial charge is 0.272 e. The Morgan fingerprint density at radius 2 is 2.27 bits per heavy atom. The fourth-order valence-electron chi connectivity index (χ4n) is 1.66. The van der Waals surface area contributed by atoms with Gasteiger partial charge in [-0.1, -0.05) is 0 Å². The van der Waals surface area contributed by atoms with Gasteiger partial charge in [0.2, 0.25) is 9.71 Å². The number of hydrogen-bond donors (Lipinski definition) is 0. The maximum Gasteiger partial charge on any atom is 0.272 e. The molecule has 0 saturated heterocycles. The number of non-ortho nitro benzene ring substituents is 1. The molecule has 1 atom stereocenters. The van der Waals surface area contributed by atoms with Crippen LogP contribution in [0.1, 0.15) is 11.9 Å². The number of nitrogens with zero attached hydrogens (tertiary/aromatic N) is 2. The Hall–Kier alpha value is -1.49. The van der Waals surface area contributed by atoms with E-state index in [1.165, 1.54) is 0 Å². The van der Waals surface area contributed by atoms with E-state index in [1.807, 2.05) is 13.0 Å². The number of benzene rings is 1. The molecule has 0 saturated carbocycles. The van der Waals surface area contributed by atoms with Crippen molar-refractivity contribution in [3.05, 3.63) is 33.3 Å². The number of rotatable bonds is 2. The molecule has 0 radical (unpaired) electrons. The Morgan fingerprint density at radius 1 is 1.53 bits per heavy atom. The van der Waals surface area contributed by atoms with Crippen LogP contribution in [0.2, 0.25) is 0 Å². The average molecular weight is 223 g/mol. The summed E-state index contributed by atoms with van der Waals surface area (Å²) in [5.41, 5.74) is 0.888. The minimum absolute atomic E-state index is 0.0520. The Bertz CT molecular complexity index is 533. The second kappa shape index (κ2) is 3.58. The van der Waals surface area contributed by atoms with Gasteiger partial charge in [0.05, 0.1) is 4.92 Å². The molecule has 0 aliphatic rings. The van der Waals surface area contributed by atoms with Crippen molar-refractivity contribution in [1.82, 2.24) is 4.98 Å². The highest BCUT2D eigenvalue weighted by Gasteiger charge is 2.19. The average Bonchev–Trinajstić information content (AvgIpc) is 2.51. The summed E-state index contributed by atoms with van der Waals surface area (Å²) in [6.45, 7) is 4.09. The lowest BCUT2D eigenvalue weighted by Crippen LogP contribution is -1.86. The molecule has 0 aliphatic carbocycles. The molecular weight excluding hydrogens is 212 g/mol. The summed E-state index contributed by atoms with van der Waals surface area (Å²) in [6, 6.07) is 4.95. The van der Waals surface area contributed by atoms with Gasteiger partial charge >= 0.3 is 0 Å². The van der Waals surface area contributed by atoms with Crippen molar-refractivity contribution in [2.75, 3.05) is 0 Å². The van der Waals surface area contributed by atoms with Gasteiger partial charge in [-0.3, -0.25) is 10.1 Å². The third-order valence-corrected chi connectivity index (χ3v) is 4.60. The molecule has 4 nitrogen and oxygen atoms in total. The zero-order chi connectivity index (χ0) is 11.0. The highest BCUT2D eigenvalue weighted by molar-refractivity contribution is 7.36. The second-order valence-electron chi connectivity index (χ2n) is 3.22. The third-order valence-electron chi connectivity index (χ3n) is 2.34. The summed E-state index contributed by atoms with van der Waals surface area (Å²) < 4.78 is 1.14. The standard InChI is InChI=1S/C10H11N2O2S/c1-3-15-7(2)11-9-6-8(12(13)14)4-5-10(9)15/h4-6H,3H2,1-2H3/q+1. The van der Waals surface area contributed by atoms with E-state index in [0.717, 1.165) is 21.0 Å². The summed E-state index contributed by atoms with van der Waals surface area (Å²) in [6.07, 6.45) is 0. The number of aromatic nitrogens is 1. The first-order valence-electron chi connectivity index (χ1n) is 4.68. The molecule has 2 aromatic rings. The van der Waals surface area contributed by atoms with Crippen molar-refractivity contribution >= 4 is 26.4 Å². The van der Waals surface area contributed by atoms with Crippen molar-refractivity contribution in [1.29, 1.82) is 0 Å². The topological polar surface area (TPSA) is 56.0 Å². The van der Waals surface area contributed by atoms with E-state index in [0.29, 0.717) is 0 Å². The summed E-state index contributed by atoms with van der Waals surface area (Å²) in [5, 5.41) is 11.7. The number of thiazole rings is 1. The number of nitro groups is 1. The number of aryl methyl sites for hydroxylation is 2. The van der Waals surface area contributed by atoms with Gasteiger partial charge in [-0.15, -0.1) is 0 Å². The number of nitro benzene ring substituents is 1. The first-order chi connectivity index (χ1) is 7.13. The lowest BCUT2D eigenvalue weighted by Gasteiger charge is -1.88. The molecule has 1 unspecified atom stereocenters. The second-order valence-corrected chi connectivity index (χ2v) is 5.61. The van der Waals surface area contributed by atoms with E-state index < -0.39 is 0 Å². The molecule has 1 aromatic heterocycles. The lowest BCUT2D eigenvalue weighted by atomic mass is 10.3. The SMILES string of the molecule is CC[s+]1c(C)nc2cc([N+](=O)[O-])ccc21. The lowest BCUT2D eigenvalue weighted by molar-refractivity contribution is -0.384. The minimum atomic E-state index is -0.381. The van der Waals surface area contributed by atoms with Crippen LogP contribution in [0.3, 0.4) is 0 Å². The van der Waals surface area contributed by atoms with Crippen LogP contribution >= 0.6 is 10.5 Å². The summed E-state index contributed by atoms with van der Waals surface area (Å²) in [5.74, 6) is 1.01. The molecule has 0 bridgehead atoms. The van der Waals surface area contributed by atoms with Gasteiger partial charge in [0.15, 0.2) is 0 Å². The molecule has 1 aromatic carbocycles. The van der Waals surface area contributed by atoms with Gasteiger partial charge in [-0.05, 0) is 6.92 Å². The molecule has 0 spiro atoms. The Kier molecular flexibility index (Phi) is 2.40. The maximum atomic E-state index is 10.6. The summed E-state index contributed by atoms with van der Waals surface area (Å²) >= 11 is 0.